The molecule has 1 N–H and O–H groups in total. The molecule has 3 rings (SSSR count). The molecule has 0 aliphatic carbocycles. The van der Waals surface area contributed by atoms with Gasteiger partial charge in [0.1, 0.15) is 0 Å². The Labute approximate surface area is 155 Å². The van der Waals surface area contributed by atoms with Gasteiger partial charge in [0.2, 0.25) is 5.60 Å². The number of hydrogen-bond acceptors (Lipinski definition) is 3. The lowest BCUT2D eigenvalue weighted by atomic mass is 9.92. The summed E-state index contributed by atoms with van der Waals surface area (Å²) in [4.78, 5) is 13.2. The number of amides is 1. The standard InChI is InChI=1S/C19H22F3N3O2/c1-13-12-16(23-25(13)15-6-4-3-5-7-15)14-8-10-24(11-9-14)17(26)18(2,27)19(20,21)22/h3-7,12,14,27H,8-11H2,1-2H3/t18-/m1/s1. The number of hydrogen-bond donors (Lipinski definition) is 1. The number of rotatable bonds is 3. The highest BCUT2D eigenvalue weighted by molar-refractivity contribution is 5.85. The Morgan fingerprint density at radius 2 is 1.78 bits per heavy atom. The summed E-state index contributed by atoms with van der Waals surface area (Å²) in [6.07, 6.45) is -3.98. The van der Waals surface area contributed by atoms with Crippen molar-refractivity contribution in [2.45, 2.75) is 44.4 Å². The molecule has 1 aromatic carbocycles. The van der Waals surface area contributed by atoms with Crippen molar-refractivity contribution in [3.63, 3.8) is 0 Å². The summed E-state index contributed by atoms with van der Waals surface area (Å²) >= 11 is 0. The molecule has 1 saturated heterocycles. The normalized spacial score (nSPS) is 18.4. The van der Waals surface area contributed by atoms with E-state index in [9.17, 15) is 23.1 Å². The average molecular weight is 381 g/mol. The van der Waals surface area contributed by atoms with Crippen LogP contribution in [0.4, 0.5) is 13.2 Å². The summed E-state index contributed by atoms with van der Waals surface area (Å²) in [6, 6.07) is 11.6. The minimum atomic E-state index is -4.99. The van der Waals surface area contributed by atoms with Crippen molar-refractivity contribution in [3.8, 4) is 5.69 Å². The van der Waals surface area contributed by atoms with Crippen LogP contribution in [0.15, 0.2) is 36.4 Å². The number of halogens is 3. The Morgan fingerprint density at radius 3 is 2.33 bits per heavy atom. The van der Waals surface area contributed by atoms with Crippen LogP contribution in [0.2, 0.25) is 0 Å². The molecule has 0 bridgehead atoms. The molecule has 0 saturated carbocycles. The molecule has 0 unspecified atom stereocenters. The molecular formula is C19H22F3N3O2. The number of piperidine rings is 1. The number of nitrogens with zero attached hydrogens (tertiary/aromatic N) is 3. The molecule has 1 aliphatic rings. The summed E-state index contributed by atoms with van der Waals surface area (Å²) in [7, 11) is 0. The van der Waals surface area contributed by atoms with Crippen LogP contribution in [0.5, 0.6) is 0 Å². The molecule has 1 aromatic heterocycles. The van der Waals surface area contributed by atoms with E-state index in [1.807, 2.05) is 48.0 Å². The van der Waals surface area contributed by atoms with Crippen LogP contribution in [0.3, 0.4) is 0 Å². The second-order valence-electron chi connectivity index (χ2n) is 7.09. The van der Waals surface area contributed by atoms with E-state index >= 15 is 0 Å². The number of aromatic nitrogens is 2. The first-order valence-corrected chi connectivity index (χ1v) is 8.81. The molecule has 1 aliphatic heterocycles. The van der Waals surface area contributed by atoms with Gasteiger partial charge in [-0.1, -0.05) is 18.2 Å². The van der Waals surface area contributed by atoms with Gasteiger partial charge in [0.25, 0.3) is 5.91 Å². The van der Waals surface area contributed by atoms with Gasteiger partial charge in [-0.25, -0.2) is 4.68 Å². The fourth-order valence-corrected chi connectivity index (χ4v) is 3.34. The van der Waals surface area contributed by atoms with E-state index in [0.717, 1.165) is 22.0 Å². The van der Waals surface area contributed by atoms with E-state index in [0.29, 0.717) is 19.8 Å². The van der Waals surface area contributed by atoms with Gasteiger partial charge in [-0.05, 0) is 44.9 Å². The maximum atomic E-state index is 12.9. The average Bonchev–Trinajstić information content (AvgIpc) is 3.03. The van der Waals surface area contributed by atoms with Crippen LogP contribution < -0.4 is 0 Å². The third kappa shape index (κ3) is 3.71. The third-order valence-electron chi connectivity index (χ3n) is 5.08. The lowest BCUT2D eigenvalue weighted by Crippen LogP contribution is -2.57. The number of para-hydroxylation sites is 1. The van der Waals surface area contributed by atoms with Crippen molar-refractivity contribution >= 4 is 5.91 Å². The van der Waals surface area contributed by atoms with E-state index in [1.165, 1.54) is 0 Å². The maximum Gasteiger partial charge on any atom is 0.426 e. The predicted molar refractivity (Wildman–Crippen MR) is 93.5 cm³/mol. The molecule has 2 aromatic rings. The molecule has 146 valence electrons. The van der Waals surface area contributed by atoms with E-state index in [2.05, 4.69) is 5.10 Å². The van der Waals surface area contributed by atoms with Crippen molar-refractivity contribution in [1.29, 1.82) is 0 Å². The Bertz CT molecular complexity index is 807. The summed E-state index contributed by atoms with van der Waals surface area (Å²) in [5.74, 6) is -1.23. The van der Waals surface area contributed by atoms with Gasteiger partial charge in [-0.3, -0.25) is 4.79 Å². The number of alkyl halides is 3. The highest BCUT2D eigenvalue weighted by Gasteiger charge is 2.57. The largest absolute Gasteiger partial charge is 0.426 e. The minimum absolute atomic E-state index is 0.0635. The molecule has 2 heterocycles. The van der Waals surface area contributed by atoms with Gasteiger partial charge >= 0.3 is 6.18 Å². The number of benzene rings is 1. The minimum Gasteiger partial charge on any atom is -0.373 e. The van der Waals surface area contributed by atoms with E-state index < -0.39 is 17.7 Å². The lowest BCUT2D eigenvalue weighted by molar-refractivity contribution is -0.250. The van der Waals surface area contributed by atoms with Crippen molar-refractivity contribution in [2.24, 2.45) is 0 Å². The molecule has 1 fully saturated rings. The van der Waals surface area contributed by atoms with Gasteiger partial charge in [0, 0.05) is 24.7 Å². The third-order valence-corrected chi connectivity index (χ3v) is 5.08. The molecule has 0 radical (unpaired) electrons. The van der Waals surface area contributed by atoms with Crippen molar-refractivity contribution in [2.75, 3.05) is 13.1 Å². The molecular weight excluding hydrogens is 359 g/mol. The monoisotopic (exact) mass is 381 g/mol. The molecule has 27 heavy (non-hydrogen) atoms. The van der Waals surface area contributed by atoms with Crippen LogP contribution in [-0.2, 0) is 4.79 Å². The van der Waals surface area contributed by atoms with Gasteiger partial charge in [-0.15, -0.1) is 0 Å². The quantitative estimate of drug-likeness (QED) is 0.888. The van der Waals surface area contributed by atoms with Crippen molar-refractivity contribution < 1.29 is 23.1 Å². The van der Waals surface area contributed by atoms with Crippen LogP contribution >= 0.6 is 0 Å². The van der Waals surface area contributed by atoms with E-state index in [-0.39, 0.29) is 19.0 Å². The van der Waals surface area contributed by atoms with Crippen LogP contribution in [0.25, 0.3) is 5.69 Å². The van der Waals surface area contributed by atoms with Gasteiger partial charge in [0.15, 0.2) is 0 Å². The lowest BCUT2D eigenvalue weighted by Gasteiger charge is -2.36. The van der Waals surface area contributed by atoms with Gasteiger partial charge < -0.3 is 10.0 Å². The zero-order valence-electron chi connectivity index (χ0n) is 15.2. The summed E-state index contributed by atoms with van der Waals surface area (Å²) < 4.78 is 40.5. The first-order valence-electron chi connectivity index (χ1n) is 8.81. The smallest absolute Gasteiger partial charge is 0.373 e. The number of aliphatic hydroxyl groups is 1. The Balaban J connectivity index is 1.69. The number of carbonyl (C=O) groups excluding carboxylic acids is 1. The van der Waals surface area contributed by atoms with Gasteiger partial charge in [0.05, 0.1) is 11.4 Å². The van der Waals surface area contributed by atoms with Crippen LogP contribution in [0.1, 0.15) is 37.1 Å². The summed E-state index contributed by atoms with van der Waals surface area (Å²) in [5, 5.41) is 14.2. The van der Waals surface area contributed by atoms with Crippen LogP contribution in [-0.4, -0.2) is 50.6 Å². The molecule has 0 spiro atoms. The first kappa shape index (κ1) is 19.4. The highest BCUT2D eigenvalue weighted by atomic mass is 19.4. The van der Waals surface area contributed by atoms with E-state index in [1.54, 1.807) is 0 Å². The summed E-state index contributed by atoms with van der Waals surface area (Å²) in [6.45, 7) is 2.77. The number of aryl methyl sites for hydroxylation is 1. The Hall–Kier alpha value is -2.35. The molecule has 8 heteroatoms. The van der Waals surface area contributed by atoms with Crippen LogP contribution in [0, 0.1) is 6.92 Å². The first-order chi connectivity index (χ1) is 12.6. The number of carbonyl (C=O) groups is 1. The zero-order valence-corrected chi connectivity index (χ0v) is 15.2. The highest BCUT2D eigenvalue weighted by Crippen LogP contribution is 2.34. The molecule has 1 atom stereocenters. The number of likely N-dealkylation sites (tertiary alicyclic amines) is 1. The fraction of sp³-hybridized carbons (Fsp3) is 0.474. The molecule has 1 amide bonds. The molecule has 5 nitrogen and oxygen atoms in total. The second-order valence-corrected chi connectivity index (χ2v) is 7.09. The van der Waals surface area contributed by atoms with Crippen molar-refractivity contribution in [1.82, 2.24) is 14.7 Å². The summed E-state index contributed by atoms with van der Waals surface area (Å²) in [5.41, 5.74) is -0.582. The topological polar surface area (TPSA) is 58.4 Å². The Morgan fingerprint density at radius 1 is 1.19 bits per heavy atom. The Kier molecular flexibility index (Phi) is 5.03. The fourth-order valence-electron chi connectivity index (χ4n) is 3.34. The van der Waals surface area contributed by atoms with Gasteiger partial charge in [-0.2, -0.15) is 18.3 Å². The van der Waals surface area contributed by atoms with E-state index in [4.69, 9.17) is 0 Å². The maximum absolute atomic E-state index is 12.9. The van der Waals surface area contributed by atoms with Crippen molar-refractivity contribution in [3.05, 3.63) is 47.8 Å². The SMILES string of the molecule is Cc1cc(C2CCN(C(=O)[C@@](C)(O)C(F)(F)F)CC2)nn1-c1ccccc1. The predicted octanol–water partition coefficient (Wildman–Crippen LogP) is 3.20. The second kappa shape index (κ2) is 6.99. The zero-order chi connectivity index (χ0) is 19.8.